The minimum atomic E-state index is 0.0134. The number of rotatable bonds is 5. The maximum Gasteiger partial charge on any atom is 0.267 e. The van der Waals surface area contributed by atoms with Crippen molar-refractivity contribution in [2.45, 2.75) is 52.1 Å². The van der Waals surface area contributed by atoms with Crippen LogP contribution in [0.5, 0.6) is 0 Å². The molecule has 4 rings (SSSR count). The van der Waals surface area contributed by atoms with E-state index in [1.165, 1.54) is 0 Å². The zero-order valence-corrected chi connectivity index (χ0v) is 15.9. The number of nitrogens with zero attached hydrogens (tertiary/aromatic N) is 5. The van der Waals surface area contributed by atoms with Gasteiger partial charge in [0, 0.05) is 37.5 Å². The van der Waals surface area contributed by atoms with Crippen LogP contribution in [0.1, 0.15) is 36.2 Å². The van der Waals surface area contributed by atoms with E-state index in [1.54, 1.807) is 27.7 Å². The zero-order valence-electron chi connectivity index (χ0n) is 15.9. The van der Waals surface area contributed by atoms with Crippen molar-refractivity contribution in [2.24, 2.45) is 5.92 Å². The minimum Gasteiger partial charge on any atom is -0.302 e. The summed E-state index contributed by atoms with van der Waals surface area (Å²) < 4.78 is 3.36. The summed E-state index contributed by atoms with van der Waals surface area (Å²) in [5, 5.41) is 4.60. The molecule has 0 atom stereocenters. The lowest BCUT2D eigenvalue weighted by atomic mass is 9.97. The van der Waals surface area contributed by atoms with E-state index < -0.39 is 0 Å². The fraction of sp³-hybridized carbons (Fsp3) is 0.600. The molecule has 0 radical (unpaired) electrons. The van der Waals surface area contributed by atoms with Crippen LogP contribution in [0, 0.1) is 12.8 Å². The molecule has 0 spiro atoms. The molecule has 0 unspecified atom stereocenters. The van der Waals surface area contributed by atoms with Crippen LogP contribution in [0.4, 0.5) is 0 Å². The molecular formula is C20H27N5O2. The summed E-state index contributed by atoms with van der Waals surface area (Å²) in [6.45, 7) is 6.08. The maximum absolute atomic E-state index is 12.3. The average molecular weight is 369 g/mol. The van der Waals surface area contributed by atoms with E-state index in [-0.39, 0.29) is 11.1 Å². The number of aromatic nitrogens is 4. The second kappa shape index (κ2) is 7.76. The first-order valence-corrected chi connectivity index (χ1v) is 9.94. The van der Waals surface area contributed by atoms with Gasteiger partial charge in [-0.15, -0.1) is 0 Å². The molecular weight excluding hydrogens is 342 g/mol. The van der Waals surface area contributed by atoms with Crippen LogP contribution in [0.3, 0.4) is 0 Å². The van der Waals surface area contributed by atoms with Crippen LogP contribution in [0.15, 0.2) is 28.0 Å². The molecule has 0 aromatic carbocycles. The molecule has 1 fully saturated rings. The fourth-order valence-electron chi connectivity index (χ4n) is 4.14. The Bertz CT molecular complexity index is 925. The van der Waals surface area contributed by atoms with E-state index in [4.69, 9.17) is 0 Å². The molecule has 2 aromatic rings. The molecule has 0 saturated carbocycles. The number of fused-ring (bicyclic) bond motifs is 1. The Balaban J connectivity index is 1.29. The van der Waals surface area contributed by atoms with E-state index in [2.05, 4.69) is 15.0 Å². The molecule has 7 heteroatoms. The lowest BCUT2D eigenvalue weighted by Crippen LogP contribution is -2.39. The zero-order chi connectivity index (χ0) is 18.8. The van der Waals surface area contributed by atoms with Gasteiger partial charge in [0.25, 0.3) is 11.1 Å². The molecule has 27 heavy (non-hydrogen) atoms. The number of hydrogen-bond donors (Lipinski definition) is 0. The quantitative estimate of drug-likeness (QED) is 0.786. The predicted molar refractivity (Wildman–Crippen MR) is 103 cm³/mol. The Morgan fingerprint density at radius 3 is 2.67 bits per heavy atom. The van der Waals surface area contributed by atoms with E-state index in [1.807, 2.05) is 6.92 Å². The van der Waals surface area contributed by atoms with Crippen molar-refractivity contribution in [3.8, 4) is 0 Å². The van der Waals surface area contributed by atoms with Crippen LogP contribution < -0.4 is 11.1 Å². The van der Waals surface area contributed by atoms with Crippen LogP contribution in [-0.4, -0.2) is 43.9 Å². The summed E-state index contributed by atoms with van der Waals surface area (Å²) in [5.74, 6) is 0.495. The van der Waals surface area contributed by atoms with Crippen LogP contribution >= 0.6 is 0 Å². The molecule has 2 aliphatic rings. The summed E-state index contributed by atoms with van der Waals surface area (Å²) in [6, 6.07) is 3.37. The second-order valence-electron chi connectivity index (χ2n) is 7.84. The Labute approximate surface area is 158 Å². The minimum absolute atomic E-state index is 0.0134. The molecule has 0 N–H and O–H groups in total. The third-order valence-corrected chi connectivity index (χ3v) is 5.84. The van der Waals surface area contributed by atoms with Crippen molar-refractivity contribution in [2.75, 3.05) is 19.6 Å². The smallest absolute Gasteiger partial charge is 0.267 e. The predicted octanol–water partition coefficient (Wildman–Crippen LogP) is 1.01. The Morgan fingerprint density at radius 2 is 1.89 bits per heavy atom. The summed E-state index contributed by atoms with van der Waals surface area (Å²) >= 11 is 0. The molecule has 2 aromatic heterocycles. The van der Waals surface area contributed by atoms with Crippen molar-refractivity contribution in [1.82, 2.24) is 24.2 Å². The molecule has 1 aliphatic carbocycles. The van der Waals surface area contributed by atoms with Gasteiger partial charge in [-0.2, -0.15) is 5.10 Å². The molecule has 1 aliphatic heterocycles. The summed E-state index contributed by atoms with van der Waals surface area (Å²) in [5.41, 5.74) is 3.08. The second-order valence-corrected chi connectivity index (χ2v) is 7.84. The Kier molecular flexibility index (Phi) is 5.20. The average Bonchev–Trinajstić information content (AvgIpc) is 3.09. The van der Waals surface area contributed by atoms with Crippen molar-refractivity contribution in [3.63, 3.8) is 0 Å². The topological polar surface area (TPSA) is 73.0 Å². The highest BCUT2D eigenvalue weighted by Crippen LogP contribution is 2.20. The maximum atomic E-state index is 12.3. The van der Waals surface area contributed by atoms with Gasteiger partial charge >= 0.3 is 0 Å². The highest BCUT2D eigenvalue weighted by Gasteiger charge is 2.21. The monoisotopic (exact) mass is 369 g/mol. The van der Waals surface area contributed by atoms with Gasteiger partial charge in [-0.05, 0) is 63.6 Å². The third kappa shape index (κ3) is 4.18. The molecule has 0 amide bonds. The molecule has 144 valence electrons. The molecule has 7 nitrogen and oxygen atoms in total. The van der Waals surface area contributed by atoms with Gasteiger partial charge in [0.2, 0.25) is 0 Å². The van der Waals surface area contributed by atoms with Gasteiger partial charge in [-0.1, -0.05) is 0 Å². The molecule has 3 heterocycles. The van der Waals surface area contributed by atoms with E-state index in [0.717, 1.165) is 75.2 Å². The largest absolute Gasteiger partial charge is 0.302 e. The lowest BCUT2D eigenvalue weighted by Gasteiger charge is -2.32. The molecule has 0 bridgehead atoms. The third-order valence-electron chi connectivity index (χ3n) is 5.84. The first-order valence-electron chi connectivity index (χ1n) is 9.94. The van der Waals surface area contributed by atoms with Gasteiger partial charge in [0.1, 0.15) is 0 Å². The number of hydrogen-bond acceptors (Lipinski definition) is 5. The summed E-state index contributed by atoms with van der Waals surface area (Å²) in [6.07, 6.45) is 6.87. The molecule has 1 saturated heterocycles. The SMILES string of the molecule is Cc1cc(=O)n(CCN2CCC(Cn3nc4c(cc3=O)CCC4)CC2)cn1. The van der Waals surface area contributed by atoms with E-state index in [0.29, 0.717) is 12.5 Å². The fourth-order valence-corrected chi connectivity index (χ4v) is 4.14. The Hall–Kier alpha value is -2.28. The van der Waals surface area contributed by atoms with Gasteiger partial charge in [0.15, 0.2) is 0 Å². The van der Waals surface area contributed by atoms with Crippen molar-refractivity contribution < 1.29 is 0 Å². The van der Waals surface area contributed by atoms with Gasteiger partial charge in [-0.3, -0.25) is 14.2 Å². The van der Waals surface area contributed by atoms with E-state index >= 15 is 0 Å². The highest BCUT2D eigenvalue weighted by molar-refractivity contribution is 5.22. The first kappa shape index (κ1) is 18.1. The van der Waals surface area contributed by atoms with Crippen LogP contribution in [0.25, 0.3) is 0 Å². The standard InChI is InChI=1S/C20H27N5O2/c1-15-11-19(26)24(14-21-15)10-9-23-7-5-16(6-8-23)13-25-20(27)12-17-3-2-4-18(17)22-25/h11-12,14,16H,2-10,13H2,1H3. The lowest BCUT2D eigenvalue weighted by molar-refractivity contribution is 0.164. The van der Waals surface area contributed by atoms with Crippen molar-refractivity contribution >= 4 is 0 Å². The highest BCUT2D eigenvalue weighted by atomic mass is 16.1. The summed E-state index contributed by atoms with van der Waals surface area (Å²) in [7, 11) is 0. The van der Waals surface area contributed by atoms with Gasteiger partial charge in [-0.25, -0.2) is 9.67 Å². The summed E-state index contributed by atoms with van der Waals surface area (Å²) in [4.78, 5) is 30.8. The van der Waals surface area contributed by atoms with Crippen LogP contribution in [-0.2, 0) is 25.9 Å². The van der Waals surface area contributed by atoms with Crippen LogP contribution in [0.2, 0.25) is 0 Å². The Morgan fingerprint density at radius 1 is 1.07 bits per heavy atom. The first-order chi connectivity index (χ1) is 13.1. The number of aryl methyl sites for hydroxylation is 3. The number of likely N-dealkylation sites (tertiary alicyclic amines) is 1. The number of piperidine rings is 1. The van der Waals surface area contributed by atoms with Gasteiger partial charge in [0.05, 0.1) is 12.0 Å². The van der Waals surface area contributed by atoms with E-state index in [9.17, 15) is 9.59 Å². The van der Waals surface area contributed by atoms with Crippen molar-refractivity contribution in [1.29, 1.82) is 0 Å². The normalized spacial score (nSPS) is 18.0. The van der Waals surface area contributed by atoms with Crippen molar-refractivity contribution in [3.05, 3.63) is 56.1 Å². The van der Waals surface area contributed by atoms with Gasteiger partial charge < -0.3 is 4.90 Å².